The standard InChI is InChI=1S/C10H13F3N2O.2ClH/c11-10(12,13)9(8-1-6-16-7-8)15-4-2-14-3-5-15;;/h1,6-7,9,14H,2-5H2;2*1H/t9-;;/m1../s1. The molecule has 0 aliphatic carbocycles. The third-order valence-corrected chi connectivity index (χ3v) is 2.69. The first-order valence-corrected chi connectivity index (χ1v) is 5.12. The van der Waals surface area contributed by atoms with Crippen molar-refractivity contribution in [2.45, 2.75) is 12.2 Å². The summed E-state index contributed by atoms with van der Waals surface area (Å²) < 4.78 is 43.6. The summed E-state index contributed by atoms with van der Waals surface area (Å²) in [6, 6.07) is -0.173. The molecule has 1 fully saturated rings. The molecule has 0 unspecified atom stereocenters. The van der Waals surface area contributed by atoms with Crippen LogP contribution in [0.5, 0.6) is 0 Å². The number of nitrogens with zero attached hydrogens (tertiary/aromatic N) is 1. The maximum Gasteiger partial charge on any atom is 0.408 e. The zero-order chi connectivity index (χ0) is 11.6. The van der Waals surface area contributed by atoms with Crippen LogP contribution in [0.25, 0.3) is 0 Å². The van der Waals surface area contributed by atoms with Crippen LogP contribution >= 0.6 is 24.8 Å². The Kier molecular flexibility index (Phi) is 7.06. The molecule has 1 aliphatic heterocycles. The largest absolute Gasteiger partial charge is 0.472 e. The van der Waals surface area contributed by atoms with Gasteiger partial charge in [-0.3, -0.25) is 4.90 Å². The molecule has 1 aromatic rings. The summed E-state index contributed by atoms with van der Waals surface area (Å²) in [6.07, 6.45) is -1.82. The lowest BCUT2D eigenvalue weighted by molar-refractivity contribution is -0.188. The molecule has 0 saturated carbocycles. The summed E-state index contributed by atoms with van der Waals surface area (Å²) in [5.41, 5.74) is 0.175. The Balaban J connectivity index is 0.00000144. The molecule has 1 N–H and O–H groups in total. The molecular formula is C10H15Cl2F3N2O. The molecule has 106 valence electrons. The first kappa shape index (κ1) is 17.6. The highest BCUT2D eigenvalue weighted by atomic mass is 35.5. The van der Waals surface area contributed by atoms with Gasteiger partial charge in [-0.25, -0.2) is 0 Å². The second-order valence-corrected chi connectivity index (χ2v) is 3.79. The monoisotopic (exact) mass is 306 g/mol. The van der Waals surface area contributed by atoms with Gasteiger partial charge in [0.25, 0.3) is 0 Å². The maximum absolute atomic E-state index is 13.0. The zero-order valence-electron chi connectivity index (χ0n) is 9.44. The van der Waals surface area contributed by atoms with Gasteiger partial charge in [-0.15, -0.1) is 24.8 Å². The molecule has 1 atom stereocenters. The van der Waals surface area contributed by atoms with Gasteiger partial charge in [-0.1, -0.05) is 0 Å². The molecule has 3 nitrogen and oxygen atoms in total. The van der Waals surface area contributed by atoms with Crippen molar-refractivity contribution < 1.29 is 17.6 Å². The van der Waals surface area contributed by atoms with E-state index in [1.54, 1.807) is 0 Å². The zero-order valence-corrected chi connectivity index (χ0v) is 11.1. The molecule has 2 heterocycles. The number of hydrogen-bond acceptors (Lipinski definition) is 3. The summed E-state index contributed by atoms with van der Waals surface area (Å²) in [5.74, 6) is 0. The van der Waals surface area contributed by atoms with E-state index in [1.807, 2.05) is 0 Å². The van der Waals surface area contributed by atoms with Crippen LogP contribution in [0.4, 0.5) is 13.2 Å². The molecular weight excluding hydrogens is 292 g/mol. The lowest BCUT2D eigenvalue weighted by atomic mass is 10.1. The van der Waals surface area contributed by atoms with Crippen LogP contribution in [0.15, 0.2) is 23.0 Å². The fourth-order valence-electron chi connectivity index (χ4n) is 1.98. The first-order valence-electron chi connectivity index (χ1n) is 5.12. The highest BCUT2D eigenvalue weighted by Crippen LogP contribution is 2.37. The Morgan fingerprint density at radius 3 is 2.28 bits per heavy atom. The van der Waals surface area contributed by atoms with Crippen molar-refractivity contribution in [3.8, 4) is 0 Å². The Morgan fingerprint density at radius 2 is 1.83 bits per heavy atom. The molecule has 1 aliphatic rings. The van der Waals surface area contributed by atoms with Gasteiger partial charge in [0.05, 0.1) is 12.5 Å². The van der Waals surface area contributed by atoms with Crippen molar-refractivity contribution in [1.29, 1.82) is 0 Å². The third-order valence-electron chi connectivity index (χ3n) is 2.69. The second-order valence-electron chi connectivity index (χ2n) is 3.79. The SMILES string of the molecule is Cl.Cl.FC(F)(F)[C@@H](c1ccoc1)N1CCNCC1. The predicted octanol–water partition coefficient (Wildman–Crippen LogP) is 2.63. The average molecular weight is 307 g/mol. The number of hydrogen-bond donors (Lipinski definition) is 1. The average Bonchev–Trinajstić information content (AvgIpc) is 2.71. The van der Waals surface area contributed by atoms with Gasteiger partial charge in [0.2, 0.25) is 0 Å². The van der Waals surface area contributed by atoms with E-state index in [1.165, 1.54) is 23.5 Å². The molecule has 1 aromatic heterocycles. The molecule has 1 saturated heterocycles. The summed E-state index contributed by atoms with van der Waals surface area (Å²) in [7, 11) is 0. The fraction of sp³-hybridized carbons (Fsp3) is 0.600. The minimum Gasteiger partial charge on any atom is -0.472 e. The number of halogens is 5. The number of rotatable bonds is 2. The quantitative estimate of drug-likeness (QED) is 0.910. The van der Waals surface area contributed by atoms with Gasteiger partial charge in [-0.2, -0.15) is 13.2 Å². The fourth-order valence-corrected chi connectivity index (χ4v) is 1.98. The van der Waals surface area contributed by atoms with Crippen LogP contribution in [0.1, 0.15) is 11.6 Å². The third kappa shape index (κ3) is 4.05. The van der Waals surface area contributed by atoms with Gasteiger partial charge in [0.1, 0.15) is 6.04 Å². The minimum absolute atomic E-state index is 0. The lowest BCUT2D eigenvalue weighted by Gasteiger charge is -2.35. The smallest absolute Gasteiger partial charge is 0.408 e. The highest BCUT2D eigenvalue weighted by molar-refractivity contribution is 5.85. The minimum atomic E-state index is -4.26. The normalized spacial score (nSPS) is 18.6. The summed E-state index contributed by atoms with van der Waals surface area (Å²) in [5, 5.41) is 3.03. The molecule has 0 spiro atoms. The van der Waals surface area contributed by atoms with Crippen molar-refractivity contribution in [2.24, 2.45) is 0 Å². The van der Waals surface area contributed by atoms with Gasteiger partial charge >= 0.3 is 6.18 Å². The molecule has 0 radical (unpaired) electrons. The molecule has 0 bridgehead atoms. The Morgan fingerprint density at radius 1 is 1.22 bits per heavy atom. The van der Waals surface area contributed by atoms with Crippen LogP contribution in [-0.4, -0.2) is 37.3 Å². The van der Waals surface area contributed by atoms with Crippen LogP contribution in [0, 0.1) is 0 Å². The van der Waals surface area contributed by atoms with E-state index in [4.69, 9.17) is 4.42 Å². The predicted molar refractivity (Wildman–Crippen MR) is 66.4 cm³/mol. The first-order chi connectivity index (χ1) is 7.59. The van der Waals surface area contributed by atoms with Crippen LogP contribution in [-0.2, 0) is 0 Å². The van der Waals surface area contributed by atoms with Crippen LogP contribution < -0.4 is 5.32 Å². The van der Waals surface area contributed by atoms with Crippen molar-refractivity contribution in [3.05, 3.63) is 24.2 Å². The van der Waals surface area contributed by atoms with Gasteiger partial charge in [-0.05, 0) is 6.07 Å². The Bertz CT molecular complexity index is 326. The summed E-state index contributed by atoms with van der Waals surface area (Å²) in [4.78, 5) is 1.43. The number of alkyl halides is 3. The molecule has 18 heavy (non-hydrogen) atoms. The molecule has 8 heteroatoms. The van der Waals surface area contributed by atoms with Crippen LogP contribution in [0.3, 0.4) is 0 Å². The van der Waals surface area contributed by atoms with Gasteiger partial charge in [0, 0.05) is 31.7 Å². The lowest BCUT2D eigenvalue weighted by Crippen LogP contribution is -2.48. The van der Waals surface area contributed by atoms with Crippen molar-refractivity contribution in [1.82, 2.24) is 10.2 Å². The summed E-state index contributed by atoms with van der Waals surface area (Å²) in [6.45, 7) is 1.97. The number of nitrogens with one attached hydrogen (secondary N) is 1. The topological polar surface area (TPSA) is 28.4 Å². The number of piperazine rings is 1. The van der Waals surface area contributed by atoms with Crippen molar-refractivity contribution >= 4 is 24.8 Å². The van der Waals surface area contributed by atoms with E-state index < -0.39 is 12.2 Å². The van der Waals surface area contributed by atoms with Gasteiger partial charge in [0.15, 0.2) is 0 Å². The maximum atomic E-state index is 13.0. The highest BCUT2D eigenvalue weighted by Gasteiger charge is 2.45. The van der Waals surface area contributed by atoms with E-state index in [9.17, 15) is 13.2 Å². The van der Waals surface area contributed by atoms with E-state index in [-0.39, 0.29) is 30.4 Å². The van der Waals surface area contributed by atoms with E-state index in [0.717, 1.165) is 0 Å². The molecule has 0 aromatic carbocycles. The van der Waals surface area contributed by atoms with Gasteiger partial charge < -0.3 is 9.73 Å². The van der Waals surface area contributed by atoms with E-state index in [2.05, 4.69) is 5.32 Å². The second kappa shape index (κ2) is 7.23. The number of furan rings is 1. The van der Waals surface area contributed by atoms with E-state index in [0.29, 0.717) is 26.2 Å². The van der Waals surface area contributed by atoms with Crippen molar-refractivity contribution in [3.63, 3.8) is 0 Å². The van der Waals surface area contributed by atoms with Crippen molar-refractivity contribution in [2.75, 3.05) is 26.2 Å². The molecule has 0 amide bonds. The summed E-state index contributed by atoms with van der Waals surface area (Å²) >= 11 is 0. The molecule has 2 rings (SSSR count). The Hall–Kier alpha value is -0.430. The van der Waals surface area contributed by atoms with E-state index >= 15 is 0 Å². The van der Waals surface area contributed by atoms with Crippen LogP contribution in [0.2, 0.25) is 0 Å². The Labute approximate surface area is 116 Å².